The third kappa shape index (κ3) is 1.51. The Morgan fingerprint density at radius 2 is 1.95 bits per heavy atom. The molecule has 0 spiro atoms. The fourth-order valence-electron chi connectivity index (χ4n) is 4.33. The van der Waals surface area contributed by atoms with Crippen LogP contribution in [0.25, 0.3) is 0 Å². The van der Waals surface area contributed by atoms with Gasteiger partial charge >= 0.3 is 0 Å². The Morgan fingerprint density at radius 1 is 1.16 bits per heavy atom. The minimum atomic E-state index is -0.210. The van der Waals surface area contributed by atoms with E-state index in [-0.39, 0.29) is 5.66 Å². The topological polar surface area (TPSA) is 32.3 Å². The van der Waals surface area contributed by atoms with Crippen LogP contribution in [0.15, 0.2) is 30.3 Å². The van der Waals surface area contributed by atoms with E-state index in [0.29, 0.717) is 24.4 Å². The number of amides is 1. The van der Waals surface area contributed by atoms with Crippen molar-refractivity contribution in [3.8, 4) is 0 Å². The van der Waals surface area contributed by atoms with Crippen molar-refractivity contribution in [3.05, 3.63) is 35.9 Å². The molecule has 2 aliphatic heterocycles. The zero-order valence-electron chi connectivity index (χ0n) is 11.1. The molecular weight excluding hydrogens is 236 g/mol. The second-order valence-corrected chi connectivity index (χ2v) is 6.09. The first-order valence-corrected chi connectivity index (χ1v) is 7.47. The van der Waals surface area contributed by atoms with Gasteiger partial charge in [0.05, 0.1) is 0 Å². The Hall–Kier alpha value is -1.35. The van der Waals surface area contributed by atoms with Gasteiger partial charge in [0, 0.05) is 18.5 Å². The van der Waals surface area contributed by atoms with Crippen molar-refractivity contribution < 1.29 is 4.79 Å². The first kappa shape index (κ1) is 11.5. The van der Waals surface area contributed by atoms with Gasteiger partial charge in [-0.05, 0) is 24.8 Å². The minimum Gasteiger partial charge on any atom is -0.316 e. The number of nitrogens with one attached hydrogen (secondary N) is 1. The van der Waals surface area contributed by atoms with E-state index in [1.54, 1.807) is 0 Å². The molecule has 3 heteroatoms. The number of rotatable bonds is 1. The average Bonchev–Trinajstić information content (AvgIpc) is 2.96. The molecule has 0 radical (unpaired) electrons. The molecule has 1 amide bonds. The first-order chi connectivity index (χ1) is 9.31. The van der Waals surface area contributed by atoms with Gasteiger partial charge in [-0.2, -0.15) is 0 Å². The van der Waals surface area contributed by atoms with Gasteiger partial charge in [0.2, 0.25) is 5.91 Å². The molecule has 3 unspecified atom stereocenters. The molecule has 1 aromatic carbocycles. The molecule has 2 heterocycles. The minimum absolute atomic E-state index is 0.210. The SMILES string of the molecule is O=C1CCC2(c3ccccc3)NC3CCCCC3N12. The van der Waals surface area contributed by atoms with E-state index in [1.807, 2.05) is 6.07 Å². The van der Waals surface area contributed by atoms with Gasteiger partial charge < -0.3 is 4.90 Å². The molecule has 19 heavy (non-hydrogen) atoms. The highest BCUT2D eigenvalue weighted by atomic mass is 16.2. The zero-order chi connectivity index (χ0) is 12.9. The monoisotopic (exact) mass is 256 g/mol. The maximum absolute atomic E-state index is 12.4. The fraction of sp³-hybridized carbons (Fsp3) is 0.562. The van der Waals surface area contributed by atoms with Crippen molar-refractivity contribution in [3.63, 3.8) is 0 Å². The summed E-state index contributed by atoms with van der Waals surface area (Å²) in [5, 5.41) is 3.82. The highest BCUT2D eigenvalue weighted by Crippen LogP contribution is 2.47. The van der Waals surface area contributed by atoms with Crippen LogP contribution in [0.4, 0.5) is 0 Å². The molecule has 3 fully saturated rings. The van der Waals surface area contributed by atoms with Crippen LogP contribution in [0.1, 0.15) is 44.1 Å². The molecule has 3 nitrogen and oxygen atoms in total. The van der Waals surface area contributed by atoms with Gasteiger partial charge in [0.1, 0.15) is 5.66 Å². The van der Waals surface area contributed by atoms with E-state index in [1.165, 1.54) is 24.8 Å². The predicted molar refractivity (Wildman–Crippen MR) is 73.4 cm³/mol. The summed E-state index contributed by atoms with van der Waals surface area (Å²) in [5.74, 6) is 0.339. The van der Waals surface area contributed by atoms with Crippen molar-refractivity contribution in [1.29, 1.82) is 0 Å². The summed E-state index contributed by atoms with van der Waals surface area (Å²) >= 11 is 0. The number of hydrogen-bond donors (Lipinski definition) is 1. The molecule has 3 aliphatic rings. The normalized spacial score (nSPS) is 37.3. The standard InChI is InChI=1S/C16H20N2O/c19-15-10-11-16(12-6-2-1-3-7-12)17-13-8-4-5-9-14(13)18(15)16/h1-3,6-7,13-14,17H,4-5,8-11H2. The third-order valence-corrected chi connectivity index (χ3v) is 5.12. The lowest BCUT2D eigenvalue weighted by atomic mass is 9.91. The van der Waals surface area contributed by atoms with Crippen LogP contribution in [0.5, 0.6) is 0 Å². The molecule has 1 aromatic rings. The van der Waals surface area contributed by atoms with Gasteiger partial charge in [-0.3, -0.25) is 10.1 Å². The van der Waals surface area contributed by atoms with Crippen LogP contribution in [-0.2, 0) is 10.5 Å². The van der Waals surface area contributed by atoms with Gasteiger partial charge in [-0.25, -0.2) is 0 Å². The summed E-state index contributed by atoms with van der Waals surface area (Å²) < 4.78 is 0. The molecule has 4 rings (SSSR count). The Bertz CT molecular complexity index is 501. The molecule has 2 saturated heterocycles. The van der Waals surface area contributed by atoms with Gasteiger partial charge in [0.25, 0.3) is 0 Å². The summed E-state index contributed by atoms with van der Waals surface area (Å²) in [6, 6.07) is 11.4. The van der Waals surface area contributed by atoms with E-state index in [9.17, 15) is 4.79 Å². The maximum atomic E-state index is 12.4. The van der Waals surface area contributed by atoms with Crippen molar-refractivity contribution in [2.75, 3.05) is 0 Å². The second kappa shape index (κ2) is 4.07. The molecule has 1 N–H and O–H groups in total. The Morgan fingerprint density at radius 3 is 2.79 bits per heavy atom. The van der Waals surface area contributed by atoms with Crippen LogP contribution >= 0.6 is 0 Å². The van der Waals surface area contributed by atoms with Gasteiger partial charge in [0.15, 0.2) is 0 Å². The molecule has 100 valence electrons. The maximum Gasteiger partial charge on any atom is 0.224 e. The van der Waals surface area contributed by atoms with E-state index in [0.717, 1.165) is 12.8 Å². The smallest absolute Gasteiger partial charge is 0.224 e. The number of carbonyl (C=O) groups excluding carboxylic acids is 1. The Labute approximate surface area is 114 Å². The van der Waals surface area contributed by atoms with E-state index >= 15 is 0 Å². The molecule has 1 saturated carbocycles. The van der Waals surface area contributed by atoms with Crippen molar-refractivity contribution in [1.82, 2.24) is 10.2 Å². The lowest BCUT2D eigenvalue weighted by molar-refractivity contribution is -0.132. The van der Waals surface area contributed by atoms with E-state index in [2.05, 4.69) is 34.5 Å². The number of fused-ring (bicyclic) bond motifs is 3. The van der Waals surface area contributed by atoms with Crippen LogP contribution < -0.4 is 5.32 Å². The van der Waals surface area contributed by atoms with Gasteiger partial charge in [-0.1, -0.05) is 43.2 Å². The van der Waals surface area contributed by atoms with Crippen LogP contribution in [0.2, 0.25) is 0 Å². The summed E-state index contributed by atoms with van der Waals surface area (Å²) in [7, 11) is 0. The molecule has 1 aliphatic carbocycles. The van der Waals surface area contributed by atoms with E-state index < -0.39 is 0 Å². The van der Waals surface area contributed by atoms with Gasteiger partial charge in [-0.15, -0.1) is 0 Å². The van der Waals surface area contributed by atoms with Crippen LogP contribution in [-0.4, -0.2) is 22.9 Å². The number of hydrogen-bond acceptors (Lipinski definition) is 2. The highest BCUT2D eigenvalue weighted by molar-refractivity contribution is 5.81. The molecule has 0 aromatic heterocycles. The lowest BCUT2D eigenvalue weighted by Crippen LogP contribution is -2.47. The largest absolute Gasteiger partial charge is 0.316 e. The van der Waals surface area contributed by atoms with Crippen molar-refractivity contribution >= 4 is 5.91 Å². The summed E-state index contributed by atoms with van der Waals surface area (Å²) in [6.45, 7) is 0. The number of carbonyl (C=O) groups is 1. The molecule has 3 atom stereocenters. The first-order valence-electron chi connectivity index (χ1n) is 7.47. The predicted octanol–water partition coefficient (Wildman–Crippen LogP) is 2.38. The second-order valence-electron chi connectivity index (χ2n) is 6.09. The number of benzene rings is 1. The quantitative estimate of drug-likeness (QED) is 0.836. The van der Waals surface area contributed by atoms with Crippen molar-refractivity contribution in [2.24, 2.45) is 0 Å². The highest BCUT2D eigenvalue weighted by Gasteiger charge is 2.57. The average molecular weight is 256 g/mol. The zero-order valence-corrected chi connectivity index (χ0v) is 11.1. The summed E-state index contributed by atoms with van der Waals surface area (Å²) in [6.07, 6.45) is 6.54. The van der Waals surface area contributed by atoms with Crippen molar-refractivity contribution in [2.45, 2.75) is 56.3 Å². The molecule has 0 bridgehead atoms. The Kier molecular flexibility index (Phi) is 2.46. The number of nitrogens with zero attached hydrogens (tertiary/aromatic N) is 1. The Balaban J connectivity index is 1.80. The van der Waals surface area contributed by atoms with Crippen LogP contribution in [0, 0.1) is 0 Å². The van der Waals surface area contributed by atoms with Crippen LogP contribution in [0.3, 0.4) is 0 Å². The third-order valence-electron chi connectivity index (χ3n) is 5.12. The summed E-state index contributed by atoms with van der Waals surface area (Å²) in [5.41, 5.74) is 1.05. The fourth-order valence-corrected chi connectivity index (χ4v) is 4.33. The van der Waals surface area contributed by atoms with E-state index in [4.69, 9.17) is 0 Å². The molecular formula is C16H20N2O. The summed E-state index contributed by atoms with van der Waals surface area (Å²) in [4.78, 5) is 14.6. The lowest BCUT2D eigenvalue weighted by Gasteiger charge is -2.35.